The molecule has 1 unspecified atom stereocenters. The molecule has 0 fully saturated rings. The van der Waals surface area contributed by atoms with Crippen molar-refractivity contribution < 1.29 is 0 Å². The van der Waals surface area contributed by atoms with E-state index in [0.29, 0.717) is 5.84 Å². The van der Waals surface area contributed by atoms with Crippen molar-refractivity contribution in [3.05, 3.63) is 57.3 Å². The van der Waals surface area contributed by atoms with Crippen molar-refractivity contribution in [3.8, 4) is 0 Å². The third-order valence-electron chi connectivity index (χ3n) is 3.54. The summed E-state index contributed by atoms with van der Waals surface area (Å²) >= 11 is 1.83. The summed E-state index contributed by atoms with van der Waals surface area (Å²) in [5.41, 5.74) is 2.35. The molecule has 92 valence electrons. The Balaban J connectivity index is 1.90. The van der Waals surface area contributed by atoms with Crippen LogP contribution in [-0.2, 0) is 6.54 Å². The van der Waals surface area contributed by atoms with E-state index in [1.54, 1.807) is 0 Å². The quantitative estimate of drug-likeness (QED) is 0.865. The number of fused-ring (bicyclic) bond motifs is 1. The molecule has 3 heteroatoms. The first-order valence-corrected chi connectivity index (χ1v) is 6.98. The Hall–Kier alpha value is -1.61. The van der Waals surface area contributed by atoms with Crippen molar-refractivity contribution in [2.24, 2.45) is 0 Å². The number of thiophene rings is 1. The van der Waals surface area contributed by atoms with E-state index in [2.05, 4.69) is 43.0 Å². The molecule has 0 amide bonds. The highest BCUT2D eigenvalue weighted by Crippen LogP contribution is 2.33. The van der Waals surface area contributed by atoms with Crippen LogP contribution in [0.1, 0.15) is 33.8 Å². The van der Waals surface area contributed by atoms with Crippen molar-refractivity contribution >= 4 is 17.2 Å². The first kappa shape index (κ1) is 11.5. The average Bonchev–Trinajstić information content (AvgIpc) is 2.94. The number of hydrogen-bond donors (Lipinski definition) is 1. The Morgan fingerprint density at radius 1 is 1.22 bits per heavy atom. The van der Waals surface area contributed by atoms with E-state index in [4.69, 9.17) is 5.41 Å². The molecule has 1 N–H and O–H groups in total. The Morgan fingerprint density at radius 2 is 2.00 bits per heavy atom. The van der Waals surface area contributed by atoms with Crippen LogP contribution in [0.2, 0.25) is 0 Å². The standard InChI is InChI=1S/C15H16N2S/c1-10-7-8-14(18-10)11(2)17-9-12-5-3-4-6-13(12)15(17)16/h3-8,11,16H,9H2,1-2H3. The first-order valence-electron chi connectivity index (χ1n) is 6.16. The van der Waals surface area contributed by atoms with Gasteiger partial charge in [0.15, 0.2) is 0 Å². The summed E-state index contributed by atoms with van der Waals surface area (Å²) in [6.07, 6.45) is 0. The van der Waals surface area contributed by atoms with Crippen molar-refractivity contribution in [1.29, 1.82) is 5.41 Å². The Morgan fingerprint density at radius 3 is 2.67 bits per heavy atom. The summed E-state index contributed by atoms with van der Waals surface area (Å²) in [7, 11) is 0. The zero-order valence-electron chi connectivity index (χ0n) is 10.6. The Bertz CT molecular complexity index is 600. The van der Waals surface area contributed by atoms with Gasteiger partial charge in [-0.1, -0.05) is 24.3 Å². The average molecular weight is 256 g/mol. The predicted octanol–water partition coefficient (Wildman–Crippen LogP) is 3.96. The fourth-order valence-corrected chi connectivity index (χ4v) is 3.41. The smallest absolute Gasteiger partial charge is 0.129 e. The summed E-state index contributed by atoms with van der Waals surface area (Å²) < 4.78 is 0. The van der Waals surface area contributed by atoms with E-state index in [-0.39, 0.29) is 6.04 Å². The van der Waals surface area contributed by atoms with E-state index in [0.717, 1.165) is 12.1 Å². The van der Waals surface area contributed by atoms with Crippen LogP contribution in [0.15, 0.2) is 36.4 Å². The molecular weight excluding hydrogens is 240 g/mol. The molecule has 3 rings (SSSR count). The highest BCUT2D eigenvalue weighted by Gasteiger charge is 2.28. The largest absolute Gasteiger partial charge is 0.345 e. The van der Waals surface area contributed by atoms with Gasteiger partial charge in [0.25, 0.3) is 0 Å². The van der Waals surface area contributed by atoms with Crippen molar-refractivity contribution in [2.45, 2.75) is 26.4 Å². The van der Waals surface area contributed by atoms with Crippen LogP contribution in [0.25, 0.3) is 0 Å². The third-order valence-corrected chi connectivity index (χ3v) is 4.71. The molecule has 18 heavy (non-hydrogen) atoms. The van der Waals surface area contributed by atoms with E-state index in [9.17, 15) is 0 Å². The van der Waals surface area contributed by atoms with Crippen molar-refractivity contribution in [2.75, 3.05) is 0 Å². The molecule has 0 saturated carbocycles. The fraction of sp³-hybridized carbons (Fsp3) is 0.267. The van der Waals surface area contributed by atoms with E-state index in [1.165, 1.54) is 15.3 Å². The van der Waals surface area contributed by atoms with Crippen molar-refractivity contribution in [3.63, 3.8) is 0 Å². The van der Waals surface area contributed by atoms with E-state index in [1.807, 2.05) is 23.5 Å². The molecule has 0 radical (unpaired) electrons. The second kappa shape index (κ2) is 4.25. The van der Waals surface area contributed by atoms with Crippen LogP contribution in [-0.4, -0.2) is 10.7 Å². The summed E-state index contributed by atoms with van der Waals surface area (Å²) in [6, 6.07) is 12.8. The Labute approximate surface area is 111 Å². The number of hydrogen-bond acceptors (Lipinski definition) is 2. The van der Waals surface area contributed by atoms with Gasteiger partial charge in [-0.25, -0.2) is 0 Å². The van der Waals surface area contributed by atoms with Gasteiger partial charge in [-0.3, -0.25) is 5.41 Å². The van der Waals surface area contributed by atoms with Crippen LogP contribution >= 0.6 is 11.3 Å². The topological polar surface area (TPSA) is 27.1 Å². The lowest BCUT2D eigenvalue weighted by atomic mass is 10.1. The number of benzene rings is 1. The van der Waals surface area contributed by atoms with E-state index >= 15 is 0 Å². The maximum absolute atomic E-state index is 8.30. The normalized spacial score (nSPS) is 15.9. The van der Waals surface area contributed by atoms with Crippen LogP contribution < -0.4 is 0 Å². The molecule has 1 aliphatic heterocycles. The maximum atomic E-state index is 8.30. The van der Waals surface area contributed by atoms with Crippen molar-refractivity contribution in [1.82, 2.24) is 4.90 Å². The first-order chi connectivity index (χ1) is 8.66. The van der Waals surface area contributed by atoms with Crippen LogP contribution in [0.3, 0.4) is 0 Å². The minimum absolute atomic E-state index is 0.281. The SMILES string of the molecule is Cc1ccc(C(C)N2Cc3ccccc3C2=N)s1. The second-order valence-corrected chi connectivity index (χ2v) is 6.08. The van der Waals surface area contributed by atoms with Gasteiger partial charge in [0, 0.05) is 21.9 Å². The van der Waals surface area contributed by atoms with Gasteiger partial charge in [0.1, 0.15) is 5.84 Å². The number of aryl methyl sites for hydroxylation is 1. The predicted molar refractivity (Wildman–Crippen MR) is 76.3 cm³/mol. The molecule has 0 aliphatic carbocycles. The number of nitrogens with one attached hydrogen (secondary N) is 1. The zero-order chi connectivity index (χ0) is 12.7. The van der Waals surface area contributed by atoms with E-state index < -0.39 is 0 Å². The maximum Gasteiger partial charge on any atom is 0.129 e. The summed E-state index contributed by atoms with van der Waals surface area (Å²) in [4.78, 5) is 4.85. The summed E-state index contributed by atoms with van der Waals surface area (Å²) in [6.45, 7) is 5.17. The molecule has 0 spiro atoms. The molecule has 0 bridgehead atoms. The highest BCUT2D eigenvalue weighted by atomic mass is 32.1. The van der Waals surface area contributed by atoms with Crippen LogP contribution in [0.5, 0.6) is 0 Å². The lowest BCUT2D eigenvalue weighted by Gasteiger charge is -2.25. The third kappa shape index (κ3) is 1.75. The number of nitrogens with zero attached hydrogens (tertiary/aromatic N) is 1. The summed E-state index contributed by atoms with van der Waals surface area (Å²) in [5.74, 6) is 0.657. The molecule has 2 nitrogen and oxygen atoms in total. The number of amidine groups is 1. The molecule has 1 atom stereocenters. The molecule has 1 aromatic heterocycles. The Kier molecular flexibility index (Phi) is 2.71. The number of rotatable bonds is 2. The molecule has 1 aromatic carbocycles. The molecule has 1 aliphatic rings. The minimum atomic E-state index is 0.281. The fourth-order valence-electron chi connectivity index (χ4n) is 2.47. The van der Waals surface area contributed by atoms with Gasteiger partial charge in [0.2, 0.25) is 0 Å². The molecule has 2 heterocycles. The second-order valence-electron chi connectivity index (χ2n) is 4.76. The monoisotopic (exact) mass is 256 g/mol. The zero-order valence-corrected chi connectivity index (χ0v) is 11.4. The lowest BCUT2D eigenvalue weighted by Crippen LogP contribution is -2.26. The summed E-state index contributed by atoms with van der Waals surface area (Å²) in [5, 5.41) is 8.30. The van der Waals surface area contributed by atoms with Gasteiger partial charge in [-0.05, 0) is 31.5 Å². The highest BCUT2D eigenvalue weighted by molar-refractivity contribution is 7.12. The van der Waals surface area contributed by atoms with Crippen LogP contribution in [0, 0.1) is 12.3 Å². The molecular formula is C15H16N2S. The van der Waals surface area contributed by atoms with Gasteiger partial charge >= 0.3 is 0 Å². The minimum Gasteiger partial charge on any atom is -0.345 e. The van der Waals surface area contributed by atoms with Crippen LogP contribution in [0.4, 0.5) is 0 Å². The van der Waals surface area contributed by atoms with Gasteiger partial charge in [-0.15, -0.1) is 11.3 Å². The molecule has 0 saturated heterocycles. The lowest BCUT2D eigenvalue weighted by molar-refractivity contribution is 0.346. The van der Waals surface area contributed by atoms with Gasteiger partial charge in [0.05, 0.1) is 6.04 Å². The molecule has 2 aromatic rings. The van der Waals surface area contributed by atoms with Gasteiger partial charge in [-0.2, -0.15) is 0 Å². The van der Waals surface area contributed by atoms with Gasteiger partial charge < -0.3 is 4.90 Å².